The van der Waals surface area contributed by atoms with Crippen molar-refractivity contribution in [3.8, 4) is 11.1 Å². The maximum atomic E-state index is 14.4. The molecule has 0 saturated carbocycles. The number of nitrogens with zero attached hydrogens (tertiary/aromatic N) is 3. The molecule has 2 heterocycles. The molecule has 0 aliphatic carbocycles. The predicted octanol–water partition coefficient (Wildman–Crippen LogP) is 5.79. The maximum absolute atomic E-state index is 14.4. The summed E-state index contributed by atoms with van der Waals surface area (Å²) < 4.78 is 82.9. The summed E-state index contributed by atoms with van der Waals surface area (Å²) >= 11 is 0. The molecule has 4 aromatic rings. The van der Waals surface area contributed by atoms with E-state index in [2.05, 4.69) is 20.7 Å². The second-order valence-corrected chi connectivity index (χ2v) is 9.38. The Morgan fingerprint density at radius 1 is 1.02 bits per heavy atom. The Bertz CT molecular complexity index is 1580. The number of hydrogen-bond donors (Lipinski definition) is 2. The SMILES string of the molecule is CC[C@@H](C(=O)N[C@@H](Cc1cc(F)cc(F)c1)c1ncccc1-c1ccc(F)c(C(=O)NC)c1)n1cc(C(F)(F)F)cn1. The zero-order valence-electron chi connectivity index (χ0n) is 22.3. The Kier molecular flexibility index (Phi) is 8.98. The van der Waals surface area contributed by atoms with E-state index in [4.69, 9.17) is 0 Å². The molecule has 0 fully saturated rings. The molecule has 42 heavy (non-hydrogen) atoms. The first-order valence-corrected chi connectivity index (χ1v) is 12.7. The number of nitrogens with one attached hydrogen (secondary N) is 2. The van der Waals surface area contributed by atoms with E-state index in [1.807, 2.05) is 0 Å². The molecule has 4 rings (SSSR count). The van der Waals surface area contributed by atoms with Crippen molar-refractivity contribution in [2.24, 2.45) is 0 Å². The Hall–Kier alpha value is -4.68. The number of alkyl halides is 3. The first-order valence-electron chi connectivity index (χ1n) is 12.7. The van der Waals surface area contributed by atoms with Crippen LogP contribution in [0.5, 0.6) is 0 Å². The number of hydrogen-bond acceptors (Lipinski definition) is 4. The highest BCUT2D eigenvalue weighted by atomic mass is 19.4. The van der Waals surface area contributed by atoms with Crippen molar-refractivity contribution >= 4 is 11.8 Å². The number of carbonyl (C=O) groups excluding carboxylic acids is 2. The van der Waals surface area contributed by atoms with Gasteiger partial charge in [0.15, 0.2) is 0 Å². The van der Waals surface area contributed by atoms with Gasteiger partial charge in [-0.2, -0.15) is 18.3 Å². The van der Waals surface area contributed by atoms with Gasteiger partial charge >= 0.3 is 6.18 Å². The van der Waals surface area contributed by atoms with Crippen LogP contribution in [0.2, 0.25) is 0 Å². The molecule has 0 aliphatic rings. The molecular weight excluding hydrogens is 564 g/mol. The van der Waals surface area contributed by atoms with E-state index in [0.717, 1.165) is 29.1 Å². The normalized spacial score (nSPS) is 13.0. The van der Waals surface area contributed by atoms with Crippen molar-refractivity contribution in [2.45, 2.75) is 38.0 Å². The third kappa shape index (κ3) is 6.78. The summed E-state index contributed by atoms with van der Waals surface area (Å²) in [5.41, 5.74) is -0.186. The van der Waals surface area contributed by atoms with Crippen LogP contribution in [0.1, 0.15) is 52.6 Å². The molecule has 0 saturated heterocycles. The highest BCUT2D eigenvalue weighted by Crippen LogP contribution is 2.32. The molecule has 7 nitrogen and oxygen atoms in total. The number of halogens is 6. The van der Waals surface area contributed by atoms with Gasteiger partial charge in [-0.3, -0.25) is 19.3 Å². The van der Waals surface area contributed by atoms with Crippen molar-refractivity contribution in [1.29, 1.82) is 0 Å². The summed E-state index contributed by atoms with van der Waals surface area (Å²) in [7, 11) is 1.34. The smallest absolute Gasteiger partial charge is 0.355 e. The second kappa shape index (κ2) is 12.5. The van der Waals surface area contributed by atoms with Crippen LogP contribution in [-0.4, -0.2) is 33.6 Å². The molecule has 2 aromatic heterocycles. The number of pyridine rings is 1. The van der Waals surface area contributed by atoms with Crippen LogP contribution in [0.3, 0.4) is 0 Å². The summed E-state index contributed by atoms with van der Waals surface area (Å²) in [6.45, 7) is 1.58. The Labute approximate surface area is 236 Å². The van der Waals surface area contributed by atoms with Crippen molar-refractivity contribution in [1.82, 2.24) is 25.4 Å². The van der Waals surface area contributed by atoms with Gasteiger partial charge in [-0.25, -0.2) is 13.2 Å². The van der Waals surface area contributed by atoms with Crippen LogP contribution >= 0.6 is 0 Å². The van der Waals surface area contributed by atoms with E-state index in [1.165, 1.54) is 25.4 Å². The number of benzene rings is 2. The number of rotatable bonds is 9. The lowest BCUT2D eigenvalue weighted by Crippen LogP contribution is -2.37. The summed E-state index contributed by atoms with van der Waals surface area (Å²) in [5, 5.41) is 8.82. The van der Waals surface area contributed by atoms with E-state index in [9.17, 15) is 35.9 Å². The van der Waals surface area contributed by atoms with Crippen LogP contribution in [0.15, 0.2) is 67.1 Å². The highest BCUT2D eigenvalue weighted by Gasteiger charge is 2.34. The summed E-state index contributed by atoms with van der Waals surface area (Å²) in [6, 6.07) is 7.59. The largest absolute Gasteiger partial charge is 0.419 e. The van der Waals surface area contributed by atoms with Crippen LogP contribution in [0.25, 0.3) is 11.1 Å². The van der Waals surface area contributed by atoms with E-state index in [-0.39, 0.29) is 29.7 Å². The average Bonchev–Trinajstić information content (AvgIpc) is 3.43. The fourth-order valence-corrected chi connectivity index (χ4v) is 4.54. The molecular formula is C29H25F6N5O2. The molecule has 2 N–H and O–H groups in total. The molecule has 0 unspecified atom stereocenters. The van der Waals surface area contributed by atoms with Crippen LogP contribution in [0.4, 0.5) is 26.3 Å². The molecule has 0 aliphatic heterocycles. The van der Waals surface area contributed by atoms with Crippen molar-refractivity contribution in [3.63, 3.8) is 0 Å². The van der Waals surface area contributed by atoms with Gasteiger partial charge in [0.05, 0.1) is 29.1 Å². The maximum Gasteiger partial charge on any atom is 0.419 e. The second-order valence-electron chi connectivity index (χ2n) is 9.38. The van der Waals surface area contributed by atoms with E-state index in [1.54, 1.807) is 19.1 Å². The lowest BCUT2D eigenvalue weighted by molar-refractivity contribution is -0.138. The topological polar surface area (TPSA) is 88.9 Å². The minimum absolute atomic E-state index is 0.0641. The van der Waals surface area contributed by atoms with Gasteiger partial charge < -0.3 is 10.6 Å². The number of aromatic nitrogens is 3. The van der Waals surface area contributed by atoms with Crippen LogP contribution < -0.4 is 10.6 Å². The first-order chi connectivity index (χ1) is 19.9. The fraction of sp³-hybridized carbons (Fsp3) is 0.241. The predicted molar refractivity (Wildman–Crippen MR) is 141 cm³/mol. The minimum Gasteiger partial charge on any atom is -0.355 e. The van der Waals surface area contributed by atoms with Gasteiger partial charge in [0.25, 0.3) is 5.91 Å². The molecule has 2 aromatic carbocycles. The van der Waals surface area contributed by atoms with Gasteiger partial charge in [-0.05, 0) is 54.3 Å². The van der Waals surface area contributed by atoms with Crippen molar-refractivity contribution < 1.29 is 35.9 Å². The Morgan fingerprint density at radius 3 is 2.36 bits per heavy atom. The van der Waals surface area contributed by atoms with Crippen LogP contribution in [-0.2, 0) is 17.4 Å². The Morgan fingerprint density at radius 2 is 1.74 bits per heavy atom. The van der Waals surface area contributed by atoms with Gasteiger partial charge in [0.2, 0.25) is 5.91 Å². The standard InChI is InChI=1S/C29H25F6N5O2/c1-3-25(40-15-18(14-38-40)29(33,34)35)28(42)39-24(11-16-9-19(30)13-20(31)10-16)26-21(5-4-8-37-26)17-6-7-23(32)22(12-17)27(41)36-2/h4-10,12-15,24-25H,3,11H2,1-2H3,(H,36,41)(H,39,42)/t24-,25-/m0/s1. The van der Waals surface area contributed by atoms with Crippen LogP contribution in [0, 0.1) is 17.5 Å². The molecule has 0 spiro atoms. The quantitative estimate of drug-likeness (QED) is 0.242. The van der Waals surface area contributed by atoms with Gasteiger partial charge in [0, 0.05) is 31.1 Å². The third-order valence-corrected chi connectivity index (χ3v) is 6.53. The average molecular weight is 590 g/mol. The highest BCUT2D eigenvalue weighted by molar-refractivity contribution is 5.95. The summed E-state index contributed by atoms with van der Waals surface area (Å²) in [6.07, 6.45) is -2.03. The number of carbonyl (C=O) groups is 2. The van der Waals surface area contributed by atoms with Gasteiger partial charge in [0.1, 0.15) is 23.5 Å². The lowest BCUT2D eigenvalue weighted by atomic mass is 9.94. The summed E-state index contributed by atoms with van der Waals surface area (Å²) in [5.74, 6) is -3.88. The monoisotopic (exact) mass is 589 g/mol. The molecule has 13 heteroatoms. The lowest BCUT2D eigenvalue weighted by Gasteiger charge is -2.24. The van der Waals surface area contributed by atoms with Crippen molar-refractivity contribution in [3.05, 3.63) is 107 Å². The third-order valence-electron chi connectivity index (χ3n) is 6.53. The van der Waals surface area contributed by atoms with E-state index < -0.39 is 53.1 Å². The molecule has 0 radical (unpaired) electrons. The zero-order chi connectivity index (χ0) is 30.6. The zero-order valence-corrected chi connectivity index (χ0v) is 22.3. The number of amides is 2. The van der Waals surface area contributed by atoms with Crippen molar-refractivity contribution in [2.75, 3.05) is 7.05 Å². The molecule has 2 amide bonds. The Balaban J connectivity index is 1.77. The first kappa shape index (κ1) is 30.3. The van der Waals surface area contributed by atoms with Gasteiger partial charge in [-0.1, -0.05) is 19.1 Å². The summed E-state index contributed by atoms with van der Waals surface area (Å²) in [4.78, 5) is 30.1. The van der Waals surface area contributed by atoms with Gasteiger partial charge in [-0.15, -0.1) is 0 Å². The van der Waals surface area contributed by atoms with E-state index >= 15 is 0 Å². The minimum atomic E-state index is -4.66. The fourth-order valence-electron chi connectivity index (χ4n) is 4.54. The molecule has 0 bridgehead atoms. The van der Waals surface area contributed by atoms with E-state index in [0.29, 0.717) is 23.4 Å². The molecule has 220 valence electrons. The molecule has 2 atom stereocenters.